The molecule has 1 aliphatic rings. The van der Waals surface area contributed by atoms with Crippen molar-refractivity contribution in [2.75, 3.05) is 11.9 Å². The summed E-state index contributed by atoms with van der Waals surface area (Å²) in [6.45, 7) is 2.61. The summed E-state index contributed by atoms with van der Waals surface area (Å²) in [5, 5.41) is 3.53. The van der Waals surface area contributed by atoms with Crippen LogP contribution in [0.4, 0.5) is 5.69 Å². The maximum absolute atomic E-state index is 5.35. The molecule has 1 aromatic heterocycles. The van der Waals surface area contributed by atoms with Gasteiger partial charge in [0.1, 0.15) is 0 Å². The van der Waals surface area contributed by atoms with Crippen molar-refractivity contribution in [1.29, 1.82) is 0 Å². The van der Waals surface area contributed by atoms with Crippen molar-refractivity contribution in [1.82, 2.24) is 4.98 Å². The van der Waals surface area contributed by atoms with E-state index in [1.165, 1.54) is 18.4 Å². The molecule has 4 heteroatoms. The van der Waals surface area contributed by atoms with Gasteiger partial charge >= 0.3 is 0 Å². The molecule has 2 aromatic rings. The van der Waals surface area contributed by atoms with Gasteiger partial charge < -0.3 is 10.1 Å². The van der Waals surface area contributed by atoms with Crippen molar-refractivity contribution in [2.24, 2.45) is 0 Å². The maximum atomic E-state index is 5.35. The number of anilines is 1. The minimum atomic E-state index is 0.536. The smallest absolute Gasteiger partial charge is 0.213 e. The van der Waals surface area contributed by atoms with Gasteiger partial charge in [0.05, 0.1) is 18.5 Å². The Morgan fingerprint density at radius 3 is 2.81 bits per heavy atom. The van der Waals surface area contributed by atoms with Crippen LogP contribution in [0.5, 0.6) is 5.88 Å². The summed E-state index contributed by atoms with van der Waals surface area (Å²) in [7, 11) is 0. The fraction of sp³-hybridized carbons (Fsp3) is 0.353. The Balaban J connectivity index is 1.52. The zero-order chi connectivity index (χ0) is 14.7. The Morgan fingerprint density at radius 2 is 2.14 bits per heavy atom. The maximum Gasteiger partial charge on any atom is 0.213 e. The highest BCUT2D eigenvalue weighted by molar-refractivity contribution is 9.10. The van der Waals surface area contributed by atoms with Crippen LogP contribution in [0.15, 0.2) is 47.1 Å². The monoisotopic (exact) mass is 346 g/mol. The van der Waals surface area contributed by atoms with Gasteiger partial charge in [-0.2, -0.15) is 0 Å². The fourth-order valence-corrected chi connectivity index (χ4v) is 3.12. The molecule has 3 rings (SSSR count). The molecule has 0 bridgehead atoms. The molecule has 3 nitrogen and oxygen atoms in total. The third kappa shape index (κ3) is 3.56. The van der Waals surface area contributed by atoms with Crippen LogP contribution in [-0.2, 0) is 0 Å². The minimum Gasteiger partial charge on any atom is -0.478 e. The predicted octanol–water partition coefficient (Wildman–Crippen LogP) is 4.60. The van der Waals surface area contributed by atoms with Crippen LogP contribution >= 0.6 is 15.9 Å². The standard InChI is InChI=1S/C17H19BrN2O/c1-2-21-17-7-6-15(11-19-17)20-16-9-13(10-16)12-4-3-5-14(18)8-12/h3-8,11,13,16,20H,2,9-10H2,1H3. The number of nitrogens with one attached hydrogen (secondary N) is 1. The molecule has 1 fully saturated rings. The first-order valence-corrected chi connectivity index (χ1v) is 8.14. The molecule has 1 aromatic carbocycles. The van der Waals surface area contributed by atoms with E-state index >= 15 is 0 Å². The lowest BCUT2D eigenvalue weighted by atomic mass is 9.76. The third-order valence-corrected chi connectivity index (χ3v) is 4.35. The number of benzene rings is 1. The molecule has 1 heterocycles. The van der Waals surface area contributed by atoms with Gasteiger partial charge in [-0.3, -0.25) is 0 Å². The van der Waals surface area contributed by atoms with Gasteiger partial charge in [-0.15, -0.1) is 0 Å². The van der Waals surface area contributed by atoms with E-state index in [0.717, 1.165) is 10.2 Å². The van der Waals surface area contributed by atoms with Crippen LogP contribution in [0, 0.1) is 0 Å². The van der Waals surface area contributed by atoms with Crippen molar-refractivity contribution in [3.63, 3.8) is 0 Å². The molecule has 1 aliphatic carbocycles. The quantitative estimate of drug-likeness (QED) is 0.858. The van der Waals surface area contributed by atoms with Crippen molar-refractivity contribution in [3.05, 3.63) is 52.6 Å². The summed E-state index contributed by atoms with van der Waals surface area (Å²) < 4.78 is 6.51. The van der Waals surface area contributed by atoms with E-state index in [4.69, 9.17) is 4.74 Å². The number of pyridine rings is 1. The third-order valence-electron chi connectivity index (χ3n) is 3.86. The van der Waals surface area contributed by atoms with Gasteiger partial charge in [0.2, 0.25) is 5.88 Å². The lowest BCUT2D eigenvalue weighted by molar-refractivity contribution is 0.327. The predicted molar refractivity (Wildman–Crippen MR) is 88.9 cm³/mol. The highest BCUT2D eigenvalue weighted by Gasteiger charge is 2.30. The second-order valence-corrected chi connectivity index (χ2v) is 6.30. The zero-order valence-corrected chi connectivity index (χ0v) is 13.6. The van der Waals surface area contributed by atoms with Gasteiger partial charge in [0.25, 0.3) is 0 Å². The van der Waals surface area contributed by atoms with Crippen molar-refractivity contribution in [3.8, 4) is 5.88 Å². The lowest BCUT2D eigenvalue weighted by Crippen LogP contribution is -2.34. The molecule has 1 saturated carbocycles. The van der Waals surface area contributed by atoms with Crippen LogP contribution in [0.1, 0.15) is 31.2 Å². The number of hydrogen-bond acceptors (Lipinski definition) is 3. The van der Waals surface area contributed by atoms with E-state index in [2.05, 4.69) is 50.5 Å². The average Bonchev–Trinajstić information content (AvgIpc) is 2.44. The molecular weight excluding hydrogens is 328 g/mol. The molecule has 21 heavy (non-hydrogen) atoms. The SMILES string of the molecule is CCOc1ccc(NC2CC(c3cccc(Br)c3)C2)cn1. The molecule has 0 atom stereocenters. The first-order valence-electron chi connectivity index (χ1n) is 7.35. The molecule has 0 aliphatic heterocycles. The normalized spacial score (nSPS) is 20.7. The Hall–Kier alpha value is -1.55. The molecule has 0 radical (unpaired) electrons. The topological polar surface area (TPSA) is 34.1 Å². The highest BCUT2D eigenvalue weighted by atomic mass is 79.9. The Bertz CT molecular complexity index is 594. The lowest BCUT2D eigenvalue weighted by Gasteiger charge is -2.37. The first-order chi connectivity index (χ1) is 10.2. The minimum absolute atomic E-state index is 0.536. The number of hydrogen-bond donors (Lipinski definition) is 1. The number of nitrogens with zero attached hydrogens (tertiary/aromatic N) is 1. The molecule has 0 saturated heterocycles. The van der Waals surface area contributed by atoms with Gasteiger partial charge in [-0.25, -0.2) is 4.98 Å². The highest BCUT2D eigenvalue weighted by Crippen LogP contribution is 2.39. The van der Waals surface area contributed by atoms with Gasteiger partial charge in [0, 0.05) is 16.6 Å². The summed E-state index contributed by atoms with van der Waals surface area (Å²) in [6.07, 6.45) is 4.19. The van der Waals surface area contributed by atoms with E-state index in [-0.39, 0.29) is 0 Å². The molecule has 1 N–H and O–H groups in total. The molecule has 0 unspecified atom stereocenters. The molecular formula is C17H19BrN2O. The van der Waals surface area contributed by atoms with Crippen molar-refractivity contribution in [2.45, 2.75) is 31.7 Å². The van der Waals surface area contributed by atoms with E-state index in [1.54, 1.807) is 0 Å². The van der Waals surface area contributed by atoms with E-state index < -0.39 is 0 Å². The zero-order valence-electron chi connectivity index (χ0n) is 12.1. The van der Waals surface area contributed by atoms with E-state index in [9.17, 15) is 0 Å². The summed E-state index contributed by atoms with van der Waals surface area (Å²) in [6, 6.07) is 13.1. The van der Waals surface area contributed by atoms with E-state index in [0.29, 0.717) is 24.4 Å². The summed E-state index contributed by atoms with van der Waals surface area (Å²) in [4.78, 5) is 4.28. The van der Waals surface area contributed by atoms with Gasteiger partial charge in [-0.05, 0) is 49.4 Å². The molecule has 110 valence electrons. The van der Waals surface area contributed by atoms with Crippen molar-refractivity contribution < 1.29 is 4.74 Å². The average molecular weight is 347 g/mol. The van der Waals surface area contributed by atoms with Crippen LogP contribution in [0.2, 0.25) is 0 Å². The van der Waals surface area contributed by atoms with Crippen molar-refractivity contribution >= 4 is 21.6 Å². The number of ether oxygens (including phenoxy) is 1. The Labute approximate surface area is 133 Å². The Morgan fingerprint density at radius 1 is 1.29 bits per heavy atom. The van der Waals surface area contributed by atoms with Gasteiger partial charge in [0.15, 0.2) is 0 Å². The molecule has 0 amide bonds. The van der Waals surface area contributed by atoms with Crippen LogP contribution < -0.4 is 10.1 Å². The second-order valence-electron chi connectivity index (χ2n) is 5.38. The fourth-order valence-electron chi connectivity index (χ4n) is 2.70. The largest absolute Gasteiger partial charge is 0.478 e. The first kappa shape index (κ1) is 14.4. The summed E-state index contributed by atoms with van der Waals surface area (Å²) in [5.74, 6) is 1.35. The number of aromatic nitrogens is 1. The molecule has 0 spiro atoms. The van der Waals surface area contributed by atoms with Crippen LogP contribution in [0.25, 0.3) is 0 Å². The summed E-state index contributed by atoms with van der Waals surface area (Å²) >= 11 is 3.54. The van der Waals surface area contributed by atoms with Crippen LogP contribution in [-0.4, -0.2) is 17.6 Å². The van der Waals surface area contributed by atoms with Crippen LogP contribution in [0.3, 0.4) is 0 Å². The second kappa shape index (κ2) is 6.48. The van der Waals surface area contributed by atoms with E-state index in [1.807, 2.05) is 25.3 Å². The summed E-state index contributed by atoms with van der Waals surface area (Å²) in [5.41, 5.74) is 2.49. The van der Waals surface area contributed by atoms with Gasteiger partial charge in [-0.1, -0.05) is 28.1 Å². The Kier molecular flexibility index (Phi) is 4.44. The number of halogens is 1. The number of rotatable bonds is 5.